The summed E-state index contributed by atoms with van der Waals surface area (Å²) >= 11 is 0. The zero-order valence-electron chi connectivity index (χ0n) is 9.26. The van der Waals surface area contributed by atoms with Gasteiger partial charge in [-0.25, -0.2) is 0 Å². The number of hydrogen-bond donors (Lipinski definition) is 1. The molecule has 0 fully saturated rings. The zero-order chi connectivity index (χ0) is 10.4. The van der Waals surface area contributed by atoms with Crippen molar-refractivity contribution < 1.29 is 9.53 Å². The first-order valence-corrected chi connectivity index (χ1v) is 4.93. The van der Waals surface area contributed by atoms with Crippen LogP contribution in [0.4, 0.5) is 0 Å². The van der Waals surface area contributed by atoms with Gasteiger partial charge in [-0.2, -0.15) is 0 Å². The SMILES string of the molecule is CC[C@@H](NC(C)C)C(=O)OC(C)C. The molecule has 0 aromatic carbocycles. The van der Waals surface area contributed by atoms with Crippen LogP contribution in [0.15, 0.2) is 0 Å². The van der Waals surface area contributed by atoms with Crippen molar-refractivity contribution in [3.05, 3.63) is 0 Å². The van der Waals surface area contributed by atoms with Crippen LogP contribution in [0.5, 0.6) is 0 Å². The monoisotopic (exact) mass is 187 g/mol. The molecular weight excluding hydrogens is 166 g/mol. The molecule has 0 amide bonds. The van der Waals surface area contributed by atoms with Crippen molar-refractivity contribution in [1.29, 1.82) is 0 Å². The average molecular weight is 187 g/mol. The summed E-state index contributed by atoms with van der Waals surface area (Å²) in [5, 5.41) is 3.16. The average Bonchev–Trinajstić information content (AvgIpc) is 1.98. The lowest BCUT2D eigenvalue weighted by Gasteiger charge is -2.19. The summed E-state index contributed by atoms with van der Waals surface area (Å²) in [5.41, 5.74) is 0. The number of hydrogen-bond acceptors (Lipinski definition) is 3. The van der Waals surface area contributed by atoms with Gasteiger partial charge in [-0.15, -0.1) is 0 Å². The van der Waals surface area contributed by atoms with Crippen LogP contribution in [0.25, 0.3) is 0 Å². The van der Waals surface area contributed by atoms with E-state index in [0.717, 1.165) is 6.42 Å². The van der Waals surface area contributed by atoms with Crippen molar-refractivity contribution in [3.8, 4) is 0 Å². The Morgan fingerprint density at radius 1 is 1.31 bits per heavy atom. The minimum Gasteiger partial charge on any atom is -0.462 e. The summed E-state index contributed by atoms with van der Waals surface area (Å²) in [6, 6.07) is 0.145. The number of nitrogens with one attached hydrogen (secondary N) is 1. The molecule has 78 valence electrons. The molecule has 0 radical (unpaired) electrons. The number of esters is 1. The first kappa shape index (κ1) is 12.4. The van der Waals surface area contributed by atoms with Crippen LogP contribution in [0.1, 0.15) is 41.0 Å². The molecule has 0 aromatic rings. The molecule has 0 aromatic heterocycles. The van der Waals surface area contributed by atoms with Crippen LogP contribution < -0.4 is 5.32 Å². The Morgan fingerprint density at radius 3 is 2.15 bits per heavy atom. The third-order valence-electron chi connectivity index (χ3n) is 1.58. The number of ether oxygens (including phenoxy) is 1. The van der Waals surface area contributed by atoms with E-state index < -0.39 is 0 Å². The van der Waals surface area contributed by atoms with Gasteiger partial charge in [0.1, 0.15) is 6.04 Å². The van der Waals surface area contributed by atoms with Crippen LogP contribution in [0, 0.1) is 0 Å². The van der Waals surface area contributed by atoms with E-state index in [1.807, 2.05) is 34.6 Å². The van der Waals surface area contributed by atoms with E-state index >= 15 is 0 Å². The summed E-state index contributed by atoms with van der Waals surface area (Å²) in [6.45, 7) is 9.73. The highest BCUT2D eigenvalue weighted by molar-refractivity contribution is 5.75. The van der Waals surface area contributed by atoms with Gasteiger partial charge in [0.05, 0.1) is 6.10 Å². The Morgan fingerprint density at radius 2 is 1.85 bits per heavy atom. The third-order valence-corrected chi connectivity index (χ3v) is 1.58. The minimum absolute atomic E-state index is 0.0319. The van der Waals surface area contributed by atoms with E-state index in [-0.39, 0.29) is 18.1 Å². The summed E-state index contributed by atoms with van der Waals surface area (Å²) in [5.74, 6) is -0.147. The Bertz CT molecular complexity index is 155. The highest BCUT2D eigenvalue weighted by atomic mass is 16.5. The predicted octanol–water partition coefficient (Wildman–Crippen LogP) is 1.71. The fraction of sp³-hybridized carbons (Fsp3) is 0.900. The van der Waals surface area contributed by atoms with Crippen LogP contribution in [-0.4, -0.2) is 24.2 Å². The molecule has 0 spiro atoms. The van der Waals surface area contributed by atoms with E-state index in [2.05, 4.69) is 5.32 Å². The standard InChI is InChI=1S/C10H21NO2/c1-6-9(11-7(2)3)10(12)13-8(4)5/h7-9,11H,6H2,1-5H3/t9-/m1/s1. The van der Waals surface area contributed by atoms with Gasteiger partial charge in [0.2, 0.25) is 0 Å². The summed E-state index contributed by atoms with van der Waals surface area (Å²) < 4.78 is 5.10. The zero-order valence-corrected chi connectivity index (χ0v) is 9.26. The van der Waals surface area contributed by atoms with E-state index in [9.17, 15) is 4.79 Å². The van der Waals surface area contributed by atoms with Crippen molar-refractivity contribution in [2.24, 2.45) is 0 Å². The molecule has 0 rings (SSSR count). The van der Waals surface area contributed by atoms with Gasteiger partial charge in [0.25, 0.3) is 0 Å². The summed E-state index contributed by atoms with van der Waals surface area (Å²) in [7, 11) is 0. The van der Waals surface area contributed by atoms with Gasteiger partial charge >= 0.3 is 5.97 Å². The maximum atomic E-state index is 11.4. The van der Waals surface area contributed by atoms with Crippen molar-refractivity contribution >= 4 is 5.97 Å². The van der Waals surface area contributed by atoms with Crippen LogP contribution in [0.3, 0.4) is 0 Å². The molecule has 1 N–H and O–H groups in total. The highest BCUT2D eigenvalue weighted by Crippen LogP contribution is 1.99. The molecule has 0 aliphatic heterocycles. The fourth-order valence-electron chi connectivity index (χ4n) is 1.07. The molecule has 0 heterocycles. The first-order valence-electron chi connectivity index (χ1n) is 4.93. The van der Waals surface area contributed by atoms with E-state index in [4.69, 9.17) is 4.74 Å². The van der Waals surface area contributed by atoms with Crippen LogP contribution >= 0.6 is 0 Å². The second kappa shape index (κ2) is 5.97. The van der Waals surface area contributed by atoms with Gasteiger partial charge in [0.15, 0.2) is 0 Å². The first-order chi connectivity index (χ1) is 5.97. The lowest BCUT2D eigenvalue weighted by atomic mass is 10.2. The van der Waals surface area contributed by atoms with Gasteiger partial charge in [-0.05, 0) is 20.3 Å². The molecule has 3 heteroatoms. The summed E-state index contributed by atoms with van der Waals surface area (Å²) in [4.78, 5) is 11.4. The Balaban J connectivity index is 3.99. The van der Waals surface area contributed by atoms with Crippen molar-refractivity contribution in [1.82, 2.24) is 5.32 Å². The lowest BCUT2D eigenvalue weighted by Crippen LogP contribution is -2.42. The highest BCUT2D eigenvalue weighted by Gasteiger charge is 2.19. The van der Waals surface area contributed by atoms with Gasteiger partial charge in [-0.1, -0.05) is 20.8 Å². The van der Waals surface area contributed by atoms with E-state index in [1.165, 1.54) is 0 Å². The summed E-state index contributed by atoms with van der Waals surface area (Å²) in [6.07, 6.45) is 0.736. The maximum absolute atomic E-state index is 11.4. The molecular formula is C10H21NO2. The molecule has 13 heavy (non-hydrogen) atoms. The fourth-order valence-corrected chi connectivity index (χ4v) is 1.07. The predicted molar refractivity (Wildman–Crippen MR) is 53.6 cm³/mol. The van der Waals surface area contributed by atoms with Gasteiger partial charge in [0, 0.05) is 6.04 Å². The number of carbonyl (C=O) groups is 1. The second-order valence-corrected chi connectivity index (χ2v) is 3.77. The Labute approximate surface area is 80.8 Å². The number of rotatable bonds is 5. The van der Waals surface area contributed by atoms with Gasteiger partial charge in [-0.3, -0.25) is 4.79 Å². The van der Waals surface area contributed by atoms with Crippen LogP contribution in [0.2, 0.25) is 0 Å². The Kier molecular flexibility index (Phi) is 5.71. The molecule has 1 atom stereocenters. The van der Waals surface area contributed by atoms with E-state index in [0.29, 0.717) is 6.04 Å². The van der Waals surface area contributed by atoms with Crippen molar-refractivity contribution in [2.75, 3.05) is 0 Å². The maximum Gasteiger partial charge on any atom is 0.323 e. The van der Waals surface area contributed by atoms with E-state index in [1.54, 1.807) is 0 Å². The topological polar surface area (TPSA) is 38.3 Å². The van der Waals surface area contributed by atoms with Gasteiger partial charge < -0.3 is 10.1 Å². The molecule has 0 bridgehead atoms. The minimum atomic E-state index is -0.164. The molecule has 0 unspecified atom stereocenters. The Hall–Kier alpha value is -0.570. The number of carbonyl (C=O) groups excluding carboxylic acids is 1. The molecule has 0 saturated carbocycles. The van der Waals surface area contributed by atoms with Crippen molar-refractivity contribution in [2.45, 2.75) is 59.2 Å². The largest absolute Gasteiger partial charge is 0.462 e. The van der Waals surface area contributed by atoms with Crippen LogP contribution in [-0.2, 0) is 9.53 Å². The van der Waals surface area contributed by atoms with Crippen molar-refractivity contribution in [3.63, 3.8) is 0 Å². The smallest absolute Gasteiger partial charge is 0.323 e. The molecule has 0 aliphatic rings. The molecule has 3 nitrogen and oxygen atoms in total. The second-order valence-electron chi connectivity index (χ2n) is 3.77. The normalized spacial score (nSPS) is 13.5. The molecule has 0 aliphatic carbocycles. The quantitative estimate of drug-likeness (QED) is 0.666. The third kappa shape index (κ3) is 5.64. The molecule has 0 saturated heterocycles. The lowest BCUT2D eigenvalue weighted by molar-refractivity contribution is -0.150.